The third kappa shape index (κ3) is 4.11. The van der Waals surface area contributed by atoms with Crippen LogP contribution in [0.25, 0.3) is 0 Å². The van der Waals surface area contributed by atoms with E-state index in [0.29, 0.717) is 11.8 Å². The highest BCUT2D eigenvalue weighted by Crippen LogP contribution is 2.35. The molecule has 0 saturated carbocycles. The molecular formula is C23H33N5O2. The number of fused-ring (bicyclic) bond motifs is 4. The molecule has 2 bridgehead atoms. The van der Waals surface area contributed by atoms with Crippen LogP contribution in [0.5, 0.6) is 0 Å². The van der Waals surface area contributed by atoms with Crippen molar-refractivity contribution < 1.29 is 4.74 Å². The zero-order valence-corrected chi connectivity index (χ0v) is 18.0. The van der Waals surface area contributed by atoms with Gasteiger partial charge in [0.25, 0.3) is 5.56 Å². The highest BCUT2D eigenvalue weighted by Gasteiger charge is 2.35. The summed E-state index contributed by atoms with van der Waals surface area (Å²) in [5.74, 6) is 0.989. The Hall–Kier alpha value is -1.96. The molecule has 2 fully saturated rings. The van der Waals surface area contributed by atoms with Gasteiger partial charge < -0.3 is 13.9 Å². The molecule has 0 radical (unpaired) electrons. The first kappa shape index (κ1) is 20.0. The Labute approximate surface area is 178 Å². The van der Waals surface area contributed by atoms with Crippen molar-refractivity contribution in [3.8, 4) is 0 Å². The van der Waals surface area contributed by atoms with Gasteiger partial charge in [0.2, 0.25) is 0 Å². The van der Waals surface area contributed by atoms with Crippen molar-refractivity contribution in [2.24, 2.45) is 5.92 Å². The minimum Gasteiger partial charge on any atom is -0.380 e. The molecule has 0 aliphatic carbocycles. The normalized spacial score (nSPS) is 25.1. The first-order valence-electron chi connectivity index (χ1n) is 11.5. The smallest absolute Gasteiger partial charge is 0.255 e. The molecule has 5 rings (SSSR count). The predicted octanol–water partition coefficient (Wildman–Crippen LogP) is 1.91. The lowest BCUT2D eigenvalue weighted by molar-refractivity contribution is 0.113. The monoisotopic (exact) mass is 411 g/mol. The maximum Gasteiger partial charge on any atom is 0.255 e. The molecule has 0 N–H and O–H groups in total. The largest absolute Gasteiger partial charge is 0.380 e. The number of rotatable bonds is 5. The number of nitrogens with zero attached hydrogens (tertiary/aromatic N) is 5. The van der Waals surface area contributed by atoms with E-state index in [1.807, 2.05) is 6.33 Å². The number of hydrogen-bond acceptors (Lipinski definition) is 5. The van der Waals surface area contributed by atoms with E-state index in [1.165, 1.54) is 12.1 Å². The molecule has 0 unspecified atom stereocenters. The van der Waals surface area contributed by atoms with Crippen molar-refractivity contribution in [3.63, 3.8) is 0 Å². The Morgan fingerprint density at radius 1 is 1.10 bits per heavy atom. The number of ether oxygens (including phenoxy) is 1. The molecule has 2 saturated heterocycles. The third-order valence-electron chi connectivity index (χ3n) is 6.90. The van der Waals surface area contributed by atoms with Gasteiger partial charge in [-0.15, -0.1) is 0 Å². The Morgan fingerprint density at radius 2 is 2.03 bits per heavy atom. The average Bonchev–Trinajstić information content (AvgIpc) is 3.04. The van der Waals surface area contributed by atoms with E-state index in [0.717, 1.165) is 83.3 Å². The van der Waals surface area contributed by atoms with E-state index in [-0.39, 0.29) is 5.56 Å². The van der Waals surface area contributed by atoms with Crippen LogP contribution < -0.4 is 5.56 Å². The Bertz CT molecular complexity index is 928. The molecule has 3 aliphatic rings. The van der Waals surface area contributed by atoms with Crippen molar-refractivity contribution in [1.29, 1.82) is 0 Å². The van der Waals surface area contributed by atoms with Gasteiger partial charge in [-0.1, -0.05) is 6.07 Å². The molecule has 5 heterocycles. The van der Waals surface area contributed by atoms with Crippen LogP contribution in [0, 0.1) is 5.92 Å². The fourth-order valence-corrected chi connectivity index (χ4v) is 5.43. The lowest BCUT2D eigenvalue weighted by Crippen LogP contribution is -2.47. The average molecular weight is 412 g/mol. The molecular weight excluding hydrogens is 378 g/mol. The highest BCUT2D eigenvalue weighted by atomic mass is 16.5. The zero-order valence-electron chi connectivity index (χ0n) is 18.0. The van der Waals surface area contributed by atoms with E-state index < -0.39 is 0 Å². The minimum absolute atomic E-state index is 0.225. The van der Waals surface area contributed by atoms with Gasteiger partial charge in [0, 0.05) is 82.3 Å². The predicted molar refractivity (Wildman–Crippen MR) is 115 cm³/mol. The van der Waals surface area contributed by atoms with Gasteiger partial charge in [0.05, 0.1) is 18.6 Å². The molecule has 0 aromatic carbocycles. The van der Waals surface area contributed by atoms with Gasteiger partial charge in [-0.3, -0.25) is 14.6 Å². The number of aryl methyl sites for hydroxylation is 1. The maximum absolute atomic E-state index is 13.3. The highest BCUT2D eigenvalue weighted by molar-refractivity contribution is 5.22. The second-order valence-corrected chi connectivity index (χ2v) is 9.13. The van der Waals surface area contributed by atoms with Gasteiger partial charge >= 0.3 is 0 Å². The first-order chi connectivity index (χ1) is 14.7. The van der Waals surface area contributed by atoms with Crippen molar-refractivity contribution in [2.45, 2.75) is 51.9 Å². The number of likely N-dealkylation sites (tertiary alicyclic amines) is 1. The molecule has 0 amide bonds. The van der Waals surface area contributed by atoms with Crippen LogP contribution in [0.1, 0.15) is 42.6 Å². The molecule has 0 spiro atoms. The fraction of sp³-hybridized carbons (Fsp3) is 0.652. The first-order valence-corrected chi connectivity index (χ1v) is 11.5. The number of pyridine rings is 1. The fourth-order valence-electron chi connectivity index (χ4n) is 5.43. The number of piperidine rings is 1. The van der Waals surface area contributed by atoms with E-state index in [9.17, 15) is 4.79 Å². The number of aromatic nitrogens is 3. The van der Waals surface area contributed by atoms with E-state index in [1.54, 1.807) is 0 Å². The summed E-state index contributed by atoms with van der Waals surface area (Å²) >= 11 is 0. The topological polar surface area (TPSA) is 55.5 Å². The molecule has 3 aliphatic heterocycles. The Morgan fingerprint density at radius 3 is 2.90 bits per heavy atom. The molecule has 2 aromatic rings. The Balaban J connectivity index is 1.31. The van der Waals surface area contributed by atoms with Crippen LogP contribution in [0.4, 0.5) is 0 Å². The van der Waals surface area contributed by atoms with E-state index in [4.69, 9.17) is 4.74 Å². The van der Waals surface area contributed by atoms with Crippen molar-refractivity contribution >= 4 is 0 Å². The summed E-state index contributed by atoms with van der Waals surface area (Å²) in [5.41, 5.74) is 3.53. The van der Waals surface area contributed by atoms with Gasteiger partial charge in [0.15, 0.2) is 0 Å². The molecule has 2 aromatic heterocycles. The zero-order chi connectivity index (χ0) is 20.5. The van der Waals surface area contributed by atoms with Crippen molar-refractivity contribution in [3.05, 3.63) is 52.0 Å². The molecule has 162 valence electrons. The summed E-state index contributed by atoms with van der Waals surface area (Å²) in [7, 11) is 0. The molecule has 7 heteroatoms. The van der Waals surface area contributed by atoms with Gasteiger partial charge in [-0.05, 0) is 31.7 Å². The molecule has 30 heavy (non-hydrogen) atoms. The quantitative estimate of drug-likeness (QED) is 0.752. The van der Waals surface area contributed by atoms with Crippen molar-refractivity contribution in [1.82, 2.24) is 23.9 Å². The summed E-state index contributed by atoms with van der Waals surface area (Å²) in [4.78, 5) is 22.7. The lowest BCUT2D eigenvalue weighted by Gasteiger charge is -2.42. The summed E-state index contributed by atoms with van der Waals surface area (Å²) in [6, 6.07) is 4.31. The van der Waals surface area contributed by atoms with Crippen LogP contribution in [0.3, 0.4) is 0 Å². The molecule has 7 nitrogen and oxygen atoms in total. The summed E-state index contributed by atoms with van der Waals surface area (Å²) in [6.45, 7) is 11.2. The standard InChI is InChI=1S/C23H33N5O2/c1-2-25-15-21(24-17-25)16-27-11-18-10-20(14-27)22-5-4-19(23(29)28(22)12-18)13-26-6-3-8-30-9-7-26/h4-5,15,17-18,20H,2-3,6-14,16H2,1H3/t18-,20+/m0/s1. The van der Waals surface area contributed by atoms with Crippen LogP contribution in [0.15, 0.2) is 29.5 Å². The lowest BCUT2D eigenvalue weighted by atomic mass is 9.83. The summed E-state index contributed by atoms with van der Waals surface area (Å²) in [5, 5.41) is 0. The van der Waals surface area contributed by atoms with Gasteiger partial charge in [-0.25, -0.2) is 4.98 Å². The van der Waals surface area contributed by atoms with E-state index in [2.05, 4.69) is 49.2 Å². The van der Waals surface area contributed by atoms with Crippen LogP contribution >= 0.6 is 0 Å². The van der Waals surface area contributed by atoms with Crippen LogP contribution in [0.2, 0.25) is 0 Å². The SMILES string of the molecule is CCn1cnc(CN2C[C@@H]3C[C@H](C2)c2ccc(CN4CCCOCC4)c(=O)n2C3)c1. The van der Waals surface area contributed by atoms with Gasteiger partial charge in [-0.2, -0.15) is 0 Å². The van der Waals surface area contributed by atoms with Crippen LogP contribution in [-0.2, 0) is 30.9 Å². The minimum atomic E-state index is 0.225. The Kier molecular flexibility index (Phi) is 5.76. The maximum atomic E-state index is 13.3. The second-order valence-electron chi connectivity index (χ2n) is 9.13. The summed E-state index contributed by atoms with van der Waals surface area (Å²) < 4.78 is 9.78. The van der Waals surface area contributed by atoms with E-state index >= 15 is 0 Å². The van der Waals surface area contributed by atoms with Crippen molar-refractivity contribution in [2.75, 3.05) is 39.4 Å². The third-order valence-corrected chi connectivity index (χ3v) is 6.90. The van der Waals surface area contributed by atoms with Gasteiger partial charge in [0.1, 0.15) is 0 Å². The van der Waals surface area contributed by atoms with Crippen LogP contribution in [-0.4, -0.2) is 63.3 Å². The molecule has 2 atom stereocenters. The second kappa shape index (κ2) is 8.65. The summed E-state index contributed by atoms with van der Waals surface area (Å²) in [6.07, 6.45) is 6.32. The number of imidazole rings is 1. The number of hydrogen-bond donors (Lipinski definition) is 0.